The van der Waals surface area contributed by atoms with Crippen LogP contribution in [0, 0.1) is 5.82 Å². The molecule has 1 fully saturated rings. The van der Waals surface area contributed by atoms with Gasteiger partial charge in [-0.05, 0) is 29.8 Å². The summed E-state index contributed by atoms with van der Waals surface area (Å²) in [7, 11) is 0. The van der Waals surface area contributed by atoms with E-state index in [1.165, 1.54) is 12.1 Å². The first-order valence-electron chi connectivity index (χ1n) is 12.1. The van der Waals surface area contributed by atoms with Gasteiger partial charge < -0.3 is 9.80 Å². The summed E-state index contributed by atoms with van der Waals surface area (Å²) in [5, 5.41) is 5.21. The maximum atomic E-state index is 13.8. The van der Waals surface area contributed by atoms with Crippen LogP contribution >= 0.6 is 0 Å². The van der Waals surface area contributed by atoms with Gasteiger partial charge in [-0.2, -0.15) is 5.10 Å². The molecule has 9 heteroatoms. The van der Waals surface area contributed by atoms with Crippen molar-refractivity contribution in [2.45, 2.75) is 6.54 Å². The lowest BCUT2D eigenvalue weighted by Crippen LogP contribution is -2.49. The molecule has 0 aliphatic carbocycles. The number of hydrogen-bond acceptors (Lipinski definition) is 6. The molecule has 6 rings (SSSR count). The van der Waals surface area contributed by atoms with E-state index >= 15 is 0 Å². The number of halogens is 1. The van der Waals surface area contributed by atoms with Crippen LogP contribution in [-0.2, 0) is 6.54 Å². The van der Waals surface area contributed by atoms with Crippen molar-refractivity contribution >= 4 is 22.9 Å². The predicted molar refractivity (Wildman–Crippen MR) is 139 cm³/mol. The van der Waals surface area contributed by atoms with Crippen molar-refractivity contribution < 1.29 is 9.18 Å². The average Bonchev–Trinajstić information content (AvgIpc) is 3.35. The zero-order chi connectivity index (χ0) is 25.2. The number of benzene rings is 2. The summed E-state index contributed by atoms with van der Waals surface area (Å²) >= 11 is 0. The summed E-state index contributed by atoms with van der Waals surface area (Å²) in [4.78, 5) is 31.3. The summed E-state index contributed by atoms with van der Waals surface area (Å²) in [6, 6.07) is 19.8. The van der Waals surface area contributed by atoms with Gasteiger partial charge in [0.1, 0.15) is 5.82 Å². The molecule has 1 aliphatic rings. The first-order valence-corrected chi connectivity index (χ1v) is 12.1. The second-order valence-electron chi connectivity index (χ2n) is 8.92. The molecule has 0 atom stereocenters. The van der Waals surface area contributed by atoms with E-state index in [-0.39, 0.29) is 11.7 Å². The minimum absolute atomic E-state index is 0.0662. The highest BCUT2D eigenvalue weighted by Gasteiger charge is 2.26. The highest BCUT2D eigenvalue weighted by atomic mass is 19.1. The van der Waals surface area contributed by atoms with Crippen molar-refractivity contribution in [2.75, 3.05) is 31.1 Å². The summed E-state index contributed by atoms with van der Waals surface area (Å²) in [5.41, 5.74) is 3.50. The highest BCUT2D eigenvalue weighted by molar-refractivity contribution is 6.06. The van der Waals surface area contributed by atoms with Crippen LogP contribution in [0.1, 0.15) is 15.9 Å². The zero-order valence-electron chi connectivity index (χ0n) is 20.0. The van der Waals surface area contributed by atoms with Crippen LogP contribution in [0.5, 0.6) is 0 Å². The Balaban J connectivity index is 1.35. The first kappa shape index (κ1) is 22.8. The molecule has 2 aromatic carbocycles. The third-order valence-corrected chi connectivity index (χ3v) is 6.53. The van der Waals surface area contributed by atoms with E-state index in [2.05, 4.69) is 20.0 Å². The molecule has 5 aromatic rings. The Morgan fingerprint density at radius 1 is 0.892 bits per heavy atom. The number of amides is 1. The molecule has 0 spiro atoms. The van der Waals surface area contributed by atoms with E-state index in [1.807, 2.05) is 47.4 Å². The molecule has 1 amide bonds. The number of pyridine rings is 1. The Morgan fingerprint density at radius 2 is 1.68 bits per heavy atom. The fourth-order valence-electron chi connectivity index (χ4n) is 4.64. The number of carbonyl (C=O) groups is 1. The van der Waals surface area contributed by atoms with Gasteiger partial charge in [-0.15, -0.1) is 0 Å². The lowest BCUT2D eigenvalue weighted by molar-refractivity contribution is 0.0748. The quantitative estimate of drug-likeness (QED) is 0.368. The smallest absolute Gasteiger partial charge is 0.254 e. The van der Waals surface area contributed by atoms with Crippen molar-refractivity contribution in [1.82, 2.24) is 29.6 Å². The van der Waals surface area contributed by atoms with Gasteiger partial charge in [-0.3, -0.25) is 4.79 Å². The molecule has 0 saturated carbocycles. The number of rotatable bonds is 5. The third-order valence-electron chi connectivity index (χ3n) is 6.53. The van der Waals surface area contributed by atoms with Crippen molar-refractivity contribution in [3.63, 3.8) is 0 Å². The van der Waals surface area contributed by atoms with Crippen LogP contribution in [0.3, 0.4) is 0 Å². The second-order valence-corrected chi connectivity index (χ2v) is 8.92. The van der Waals surface area contributed by atoms with Crippen LogP contribution in [0.4, 0.5) is 10.3 Å². The lowest BCUT2D eigenvalue weighted by Gasteiger charge is -2.34. The Bertz CT molecular complexity index is 1550. The van der Waals surface area contributed by atoms with Crippen molar-refractivity contribution in [2.24, 2.45) is 0 Å². The SMILES string of the molecule is O=C(c1cc(-c2ccccc2)nc2c1cnn2Cc1cccc(F)c1)N1CCN(c2ncccn2)CC1. The summed E-state index contributed by atoms with van der Waals surface area (Å²) in [6.45, 7) is 2.75. The van der Waals surface area contributed by atoms with Gasteiger partial charge in [0.15, 0.2) is 5.65 Å². The fourth-order valence-corrected chi connectivity index (χ4v) is 4.64. The Kier molecular flexibility index (Phi) is 6.02. The van der Waals surface area contributed by atoms with E-state index in [1.54, 1.807) is 35.4 Å². The second kappa shape index (κ2) is 9.77. The van der Waals surface area contributed by atoms with Gasteiger partial charge in [0.25, 0.3) is 5.91 Å². The monoisotopic (exact) mass is 493 g/mol. The van der Waals surface area contributed by atoms with E-state index in [0.717, 1.165) is 11.1 Å². The number of carbonyl (C=O) groups excluding carboxylic acids is 1. The number of piperazine rings is 1. The Morgan fingerprint density at radius 3 is 2.43 bits per heavy atom. The standard InChI is InChI=1S/C28H24FN7O/c29-22-9-4-6-20(16-22)19-36-26-24(18-32-36)23(17-25(33-26)21-7-2-1-3-8-21)27(37)34-12-14-35(15-13-34)28-30-10-5-11-31-28/h1-11,16-18H,12-15,19H2. The molecule has 0 unspecified atom stereocenters. The van der Waals surface area contributed by atoms with Gasteiger partial charge >= 0.3 is 0 Å². The molecule has 0 bridgehead atoms. The average molecular weight is 494 g/mol. The topological polar surface area (TPSA) is 80.0 Å². The van der Waals surface area contributed by atoms with E-state index in [4.69, 9.17) is 4.98 Å². The summed E-state index contributed by atoms with van der Waals surface area (Å²) < 4.78 is 15.5. The van der Waals surface area contributed by atoms with Crippen LogP contribution in [-0.4, -0.2) is 61.7 Å². The van der Waals surface area contributed by atoms with E-state index < -0.39 is 0 Å². The molecule has 184 valence electrons. The molecule has 1 saturated heterocycles. The molecule has 1 aliphatic heterocycles. The highest BCUT2D eigenvalue weighted by Crippen LogP contribution is 2.27. The number of fused-ring (bicyclic) bond motifs is 1. The first-order chi connectivity index (χ1) is 18.2. The van der Waals surface area contributed by atoms with Crippen LogP contribution in [0.15, 0.2) is 85.3 Å². The predicted octanol–water partition coefficient (Wildman–Crippen LogP) is 4.04. The molecule has 0 N–H and O–H groups in total. The normalized spacial score (nSPS) is 13.8. The number of hydrogen-bond donors (Lipinski definition) is 0. The molecule has 4 heterocycles. The number of nitrogens with zero attached hydrogens (tertiary/aromatic N) is 7. The van der Waals surface area contributed by atoms with Crippen LogP contribution < -0.4 is 4.90 Å². The van der Waals surface area contributed by atoms with Gasteiger partial charge in [0.05, 0.1) is 29.4 Å². The van der Waals surface area contributed by atoms with E-state index in [0.29, 0.717) is 61.0 Å². The molecular weight excluding hydrogens is 469 g/mol. The van der Waals surface area contributed by atoms with Crippen LogP contribution in [0.25, 0.3) is 22.3 Å². The Hall–Kier alpha value is -4.66. The fraction of sp³-hybridized carbons (Fsp3) is 0.179. The van der Waals surface area contributed by atoms with Crippen LogP contribution in [0.2, 0.25) is 0 Å². The molecule has 37 heavy (non-hydrogen) atoms. The molecule has 0 radical (unpaired) electrons. The summed E-state index contributed by atoms with van der Waals surface area (Å²) in [6.07, 6.45) is 5.12. The number of anilines is 1. The molecule has 3 aromatic heterocycles. The van der Waals surface area contributed by atoms with Crippen molar-refractivity contribution in [1.29, 1.82) is 0 Å². The van der Waals surface area contributed by atoms with Gasteiger partial charge in [-0.1, -0.05) is 42.5 Å². The lowest BCUT2D eigenvalue weighted by atomic mass is 10.1. The molecular formula is C28H24FN7O. The largest absolute Gasteiger partial charge is 0.337 e. The van der Waals surface area contributed by atoms with Gasteiger partial charge in [-0.25, -0.2) is 24.0 Å². The van der Waals surface area contributed by atoms with Gasteiger partial charge in [0, 0.05) is 44.1 Å². The maximum absolute atomic E-state index is 13.8. The minimum atomic E-state index is -0.303. The van der Waals surface area contributed by atoms with E-state index in [9.17, 15) is 9.18 Å². The Labute approximate surface area is 213 Å². The maximum Gasteiger partial charge on any atom is 0.254 e. The van der Waals surface area contributed by atoms with Crippen molar-refractivity contribution in [3.05, 3.63) is 102 Å². The van der Waals surface area contributed by atoms with Gasteiger partial charge in [0.2, 0.25) is 5.95 Å². The summed E-state index contributed by atoms with van der Waals surface area (Å²) in [5.74, 6) is 0.303. The zero-order valence-corrected chi connectivity index (χ0v) is 20.0. The number of aromatic nitrogens is 5. The minimum Gasteiger partial charge on any atom is -0.337 e. The van der Waals surface area contributed by atoms with Crippen molar-refractivity contribution in [3.8, 4) is 11.3 Å². The molecule has 8 nitrogen and oxygen atoms in total. The third kappa shape index (κ3) is 4.63.